The highest BCUT2D eigenvalue weighted by Gasteiger charge is 2.30. The fourth-order valence-electron chi connectivity index (χ4n) is 2.59. The Kier molecular flexibility index (Phi) is 5.26. The minimum Gasteiger partial charge on any atom is -0.595 e. The average molecular weight is 327 g/mol. The van der Waals surface area contributed by atoms with E-state index in [1.807, 2.05) is 0 Å². The fraction of sp³-hybridized carbons (Fsp3) is 0.385. The maximum Gasteiger partial charge on any atom is 0.305 e. The molecule has 1 amide bonds. The molecule has 2 atom stereocenters. The van der Waals surface area contributed by atoms with Gasteiger partial charge in [-0.15, -0.1) is 0 Å². The van der Waals surface area contributed by atoms with E-state index in [2.05, 4.69) is 10.1 Å². The lowest BCUT2D eigenvalue weighted by atomic mass is 9.95. The summed E-state index contributed by atoms with van der Waals surface area (Å²) >= 11 is 0. The van der Waals surface area contributed by atoms with Crippen molar-refractivity contribution in [3.05, 3.63) is 27.6 Å². The summed E-state index contributed by atoms with van der Waals surface area (Å²) in [6.45, 7) is 0. The number of carbonyl (C=O) groups is 2. The maximum atomic E-state index is 11.6. The van der Waals surface area contributed by atoms with Crippen molar-refractivity contribution in [2.75, 3.05) is 12.4 Å². The first-order valence-corrected chi connectivity index (χ1v) is 6.87. The topological polar surface area (TPSA) is 151 Å². The van der Waals surface area contributed by atoms with E-state index < -0.39 is 16.4 Å². The third-order valence-corrected chi connectivity index (χ3v) is 3.65. The summed E-state index contributed by atoms with van der Waals surface area (Å²) < 4.78 is 4.50. The van der Waals surface area contributed by atoms with Gasteiger partial charge in [-0.25, -0.2) is 10.4 Å². The number of fused-ring (bicyclic) bond motifs is 1. The van der Waals surface area contributed by atoms with Crippen LogP contribution in [0.15, 0.2) is 6.07 Å². The van der Waals surface area contributed by atoms with Crippen molar-refractivity contribution in [1.82, 2.24) is 0 Å². The fourth-order valence-corrected chi connectivity index (χ4v) is 2.59. The molecule has 10 nitrogen and oxygen atoms in total. The summed E-state index contributed by atoms with van der Waals surface area (Å²) in [6.07, 6.45) is 0.147. The predicted molar refractivity (Wildman–Crippen MR) is 75.3 cm³/mol. The molecule has 126 valence electrons. The lowest BCUT2D eigenvalue weighted by molar-refractivity contribution is -0.996. The molecule has 1 aromatic rings. The second-order valence-corrected chi connectivity index (χ2v) is 5.05. The van der Waals surface area contributed by atoms with E-state index in [4.69, 9.17) is 0 Å². The van der Waals surface area contributed by atoms with E-state index in [-0.39, 0.29) is 54.2 Å². The molecule has 5 N–H and O–H groups in total. The van der Waals surface area contributed by atoms with Crippen LogP contribution in [-0.4, -0.2) is 29.4 Å². The molecule has 0 aromatic heterocycles. The highest BCUT2D eigenvalue weighted by Crippen LogP contribution is 2.35. The summed E-state index contributed by atoms with van der Waals surface area (Å²) in [4.78, 5) is 22.9. The van der Waals surface area contributed by atoms with Gasteiger partial charge in [-0.3, -0.25) is 9.59 Å². The van der Waals surface area contributed by atoms with E-state index in [0.717, 1.165) is 0 Å². The van der Waals surface area contributed by atoms with Crippen molar-refractivity contribution in [3.8, 4) is 0 Å². The zero-order chi connectivity index (χ0) is 17.1. The van der Waals surface area contributed by atoms with Crippen LogP contribution < -0.4 is 15.8 Å². The van der Waals surface area contributed by atoms with Gasteiger partial charge in [0.2, 0.25) is 5.91 Å². The first-order valence-electron chi connectivity index (χ1n) is 6.87. The lowest BCUT2D eigenvalue weighted by Gasteiger charge is -2.27. The molecule has 0 radical (unpaired) electrons. The molecule has 2 rings (SSSR count). The second kappa shape index (κ2) is 7.00. The third kappa shape index (κ3) is 3.64. The van der Waals surface area contributed by atoms with Crippen LogP contribution in [0.2, 0.25) is 0 Å². The van der Waals surface area contributed by atoms with Gasteiger partial charge in [0.05, 0.1) is 12.7 Å². The van der Waals surface area contributed by atoms with E-state index in [0.29, 0.717) is 5.56 Å². The zero-order valence-electron chi connectivity index (χ0n) is 12.3. The summed E-state index contributed by atoms with van der Waals surface area (Å²) in [7, 11) is 1.19. The second-order valence-electron chi connectivity index (χ2n) is 5.05. The Bertz CT molecular complexity index is 630. The van der Waals surface area contributed by atoms with Crippen LogP contribution in [0, 0.1) is 10.4 Å². The molecule has 0 aliphatic carbocycles. The number of quaternary nitrogens is 2. The molecule has 2 unspecified atom stereocenters. The Hall–Kier alpha value is -2.08. The number of methoxy groups -OCH3 is 1. The number of esters is 1. The molecule has 1 aromatic carbocycles. The van der Waals surface area contributed by atoms with Gasteiger partial charge in [0, 0.05) is 18.9 Å². The summed E-state index contributed by atoms with van der Waals surface area (Å²) in [5.74, 6) is -0.915. The van der Waals surface area contributed by atoms with Crippen LogP contribution in [0.5, 0.6) is 0 Å². The largest absolute Gasteiger partial charge is 0.595 e. The number of rotatable bonds is 5. The number of hydrogen-bond donors (Lipinski definition) is 5. The van der Waals surface area contributed by atoms with E-state index in [9.17, 15) is 30.4 Å². The van der Waals surface area contributed by atoms with Crippen molar-refractivity contribution in [2.45, 2.75) is 25.7 Å². The Morgan fingerprint density at radius 3 is 2.61 bits per heavy atom. The van der Waals surface area contributed by atoms with Crippen LogP contribution in [0.4, 0.5) is 17.1 Å². The highest BCUT2D eigenvalue weighted by molar-refractivity contribution is 5.97. The molecule has 23 heavy (non-hydrogen) atoms. The predicted octanol–water partition coefficient (Wildman–Crippen LogP) is -1.52. The van der Waals surface area contributed by atoms with Gasteiger partial charge < -0.3 is 20.5 Å². The van der Waals surface area contributed by atoms with Crippen LogP contribution >= 0.6 is 0 Å². The molecule has 1 aliphatic heterocycles. The van der Waals surface area contributed by atoms with Crippen LogP contribution in [-0.2, 0) is 27.2 Å². The maximum absolute atomic E-state index is 11.6. The third-order valence-electron chi connectivity index (χ3n) is 3.65. The van der Waals surface area contributed by atoms with Crippen molar-refractivity contribution in [2.24, 2.45) is 0 Å². The molecular formula is C13H17N3O7. The van der Waals surface area contributed by atoms with E-state index in [1.54, 1.807) is 0 Å². The molecule has 0 spiro atoms. The highest BCUT2D eigenvalue weighted by atomic mass is 16.8. The monoisotopic (exact) mass is 327 g/mol. The van der Waals surface area contributed by atoms with Gasteiger partial charge in [0.1, 0.15) is 5.69 Å². The quantitative estimate of drug-likeness (QED) is 0.325. The van der Waals surface area contributed by atoms with Crippen molar-refractivity contribution >= 4 is 28.9 Å². The number of amides is 1. The number of nitrogens with one attached hydrogen (secondary N) is 3. The molecule has 1 heterocycles. The molecule has 0 saturated heterocycles. The Morgan fingerprint density at radius 2 is 2.04 bits per heavy atom. The number of aryl methyl sites for hydroxylation is 1. The van der Waals surface area contributed by atoms with Gasteiger partial charge in [-0.05, 0) is 18.4 Å². The number of carbonyl (C=O) groups excluding carboxylic acids is 2. The standard InChI is InChI=1S/C13H17N3O7/c1-23-11(18)5-3-8-9(15(19)20)6-7-2-4-10(17)14-12(7)13(8)16(21)22/h6,15-16,19,21H,2-5H2,1H3,(H,14,17). The van der Waals surface area contributed by atoms with Gasteiger partial charge in [0.25, 0.3) is 0 Å². The number of hydrogen-bond acceptors (Lipinski definition) is 7. The Labute approximate surface area is 130 Å². The average Bonchev–Trinajstić information content (AvgIpc) is 2.50. The molecular weight excluding hydrogens is 310 g/mol. The number of benzene rings is 1. The van der Waals surface area contributed by atoms with Crippen LogP contribution in [0.3, 0.4) is 0 Å². The summed E-state index contributed by atoms with van der Waals surface area (Å²) in [5.41, 5.74) is 0.106. The normalized spacial score (nSPS) is 16.3. The van der Waals surface area contributed by atoms with E-state index >= 15 is 0 Å². The smallest absolute Gasteiger partial charge is 0.305 e. The summed E-state index contributed by atoms with van der Waals surface area (Å²) in [5, 5.41) is 41.8. The lowest BCUT2D eigenvalue weighted by Crippen LogP contribution is -3.01. The number of anilines is 1. The molecule has 0 fully saturated rings. The van der Waals surface area contributed by atoms with Gasteiger partial charge in [-0.2, -0.15) is 10.5 Å². The van der Waals surface area contributed by atoms with Crippen LogP contribution in [0.1, 0.15) is 24.0 Å². The van der Waals surface area contributed by atoms with Gasteiger partial charge >= 0.3 is 5.97 Å². The zero-order valence-corrected chi connectivity index (χ0v) is 12.3. The Morgan fingerprint density at radius 1 is 1.35 bits per heavy atom. The van der Waals surface area contributed by atoms with Crippen molar-refractivity contribution < 1.29 is 35.2 Å². The number of ether oxygens (including phenoxy) is 1. The molecule has 10 heteroatoms. The molecule has 1 aliphatic rings. The minimum absolute atomic E-state index is 0.00338. The Balaban J connectivity index is 2.57. The molecule has 0 bridgehead atoms. The van der Waals surface area contributed by atoms with E-state index in [1.165, 1.54) is 13.2 Å². The SMILES string of the molecule is COC(=O)CCc1c([NH+]([O-])O)cc2c(c1[NH+]([O-])O)NC(=O)CC2. The van der Waals surface area contributed by atoms with Crippen LogP contribution in [0.25, 0.3) is 0 Å². The molecule has 0 saturated carbocycles. The first-order chi connectivity index (χ1) is 10.8. The first kappa shape index (κ1) is 17.3. The summed E-state index contributed by atoms with van der Waals surface area (Å²) in [6, 6.07) is 1.36. The van der Waals surface area contributed by atoms with Crippen molar-refractivity contribution in [1.29, 1.82) is 0 Å². The van der Waals surface area contributed by atoms with Crippen molar-refractivity contribution in [3.63, 3.8) is 0 Å². The minimum atomic E-state index is -1.36. The van der Waals surface area contributed by atoms with Gasteiger partial charge in [-0.1, -0.05) is 0 Å². The van der Waals surface area contributed by atoms with Gasteiger partial charge in [0.15, 0.2) is 11.4 Å².